The Hall–Kier alpha value is -3.92. The van der Waals surface area contributed by atoms with Crippen LogP contribution in [-0.2, 0) is 0 Å². The van der Waals surface area contributed by atoms with Gasteiger partial charge in [0.25, 0.3) is 0 Å². The van der Waals surface area contributed by atoms with Crippen molar-refractivity contribution in [1.82, 2.24) is 4.68 Å². The molecule has 5 aromatic rings. The van der Waals surface area contributed by atoms with Gasteiger partial charge in [-0.3, -0.25) is 4.68 Å². The van der Waals surface area contributed by atoms with Gasteiger partial charge in [-0.05, 0) is 60.7 Å². The quantitative estimate of drug-likeness (QED) is 0.404. The van der Waals surface area contributed by atoms with Crippen LogP contribution in [0.1, 0.15) is 0 Å². The summed E-state index contributed by atoms with van der Waals surface area (Å²) in [5.74, 6) is 6.52. The van der Waals surface area contributed by atoms with Gasteiger partial charge in [-0.1, -0.05) is 36.4 Å². The van der Waals surface area contributed by atoms with E-state index in [1.54, 1.807) is 16.8 Å². The third-order valence-electron chi connectivity index (χ3n) is 5.06. The predicted molar refractivity (Wildman–Crippen MR) is 116 cm³/mol. The van der Waals surface area contributed by atoms with E-state index in [2.05, 4.69) is 41.3 Å². The van der Waals surface area contributed by atoms with Crippen molar-refractivity contribution in [3.63, 3.8) is 0 Å². The molecule has 136 valence electrons. The van der Waals surface area contributed by atoms with Gasteiger partial charge in [-0.15, -0.1) is 0 Å². The zero-order valence-corrected chi connectivity index (χ0v) is 15.2. The van der Waals surface area contributed by atoms with Crippen LogP contribution in [0, 0.1) is 0 Å². The maximum absolute atomic E-state index is 9.97. The maximum atomic E-state index is 9.97. The van der Waals surface area contributed by atoms with Crippen molar-refractivity contribution in [1.29, 1.82) is 0 Å². The van der Waals surface area contributed by atoms with Gasteiger partial charge in [-0.2, -0.15) is 0 Å². The number of benzene rings is 4. The highest BCUT2D eigenvalue weighted by molar-refractivity contribution is 6.10. The van der Waals surface area contributed by atoms with E-state index in [1.807, 2.05) is 48.5 Å². The second-order valence-electron chi connectivity index (χ2n) is 6.78. The van der Waals surface area contributed by atoms with E-state index in [-0.39, 0.29) is 5.75 Å². The molecule has 0 unspecified atom stereocenters. The molecule has 3 N–H and O–H groups in total. The van der Waals surface area contributed by atoms with Gasteiger partial charge in [0.1, 0.15) is 5.75 Å². The van der Waals surface area contributed by atoms with Crippen molar-refractivity contribution in [2.24, 2.45) is 0 Å². The third-order valence-corrected chi connectivity index (χ3v) is 5.06. The molecule has 4 nitrogen and oxygen atoms in total. The standard InChI is InChI=1S/C24H19N3O/c25-27-23-13-11-19(15-21(23)22-16-20(28)12-14-24(22)27)26(17-7-3-1-4-8-17)18-9-5-2-6-10-18/h1-16,28H,25H2. The van der Waals surface area contributed by atoms with Crippen molar-refractivity contribution in [2.75, 3.05) is 10.7 Å². The number of para-hydroxylation sites is 2. The number of hydrogen-bond donors (Lipinski definition) is 2. The summed E-state index contributed by atoms with van der Waals surface area (Å²) >= 11 is 0. The fourth-order valence-electron chi connectivity index (χ4n) is 3.77. The summed E-state index contributed by atoms with van der Waals surface area (Å²) in [7, 11) is 0. The lowest BCUT2D eigenvalue weighted by atomic mass is 10.1. The Balaban J connectivity index is 1.78. The van der Waals surface area contributed by atoms with Crippen LogP contribution in [0.2, 0.25) is 0 Å². The Kier molecular flexibility index (Phi) is 3.69. The number of fused-ring (bicyclic) bond motifs is 3. The molecule has 0 spiro atoms. The molecule has 0 aliphatic rings. The van der Waals surface area contributed by atoms with Crippen LogP contribution in [0.3, 0.4) is 0 Å². The van der Waals surface area contributed by atoms with E-state index >= 15 is 0 Å². The van der Waals surface area contributed by atoms with Crippen LogP contribution < -0.4 is 10.7 Å². The molecule has 4 aromatic carbocycles. The molecule has 4 heteroatoms. The van der Waals surface area contributed by atoms with Crippen LogP contribution in [0.5, 0.6) is 5.75 Å². The van der Waals surface area contributed by atoms with Crippen LogP contribution in [-0.4, -0.2) is 9.78 Å². The minimum Gasteiger partial charge on any atom is -0.508 e. The highest BCUT2D eigenvalue weighted by Gasteiger charge is 2.15. The molecule has 0 amide bonds. The third kappa shape index (κ3) is 2.55. The number of phenols is 1. The van der Waals surface area contributed by atoms with Crippen LogP contribution >= 0.6 is 0 Å². The molecule has 0 radical (unpaired) electrons. The van der Waals surface area contributed by atoms with Crippen LogP contribution in [0.15, 0.2) is 97.1 Å². The fourth-order valence-corrected chi connectivity index (χ4v) is 3.77. The van der Waals surface area contributed by atoms with Gasteiger partial charge >= 0.3 is 0 Å². The average molecular weight is 365 g/mol. The Labute approximate surface area is 162 Å². The first-order valence-electron chi connectivity index (χ1n) is 9.15. The van der Waals surface area contributed by atoms with Crippen molar-refractivity contribution in [2.45, 2.75) is 0 Å². The monoisotopic (exact) mass is 365 g/mol. The predicted octanol–water partition coefficient (Wildman–Crippen LogP) is 5.68. The molecule has 0 saturated heterocycles. The number of aromatic hydroxyl groups is 1. The topological polar surface area (TPSA) is 54.4 Å². The fraction of sp³-hybridized carbons (Fsp3) is 0. The summed E-state index contributed by atoms with van der Waals surface area (Å²) in [6.07, 6.45) is 0. The van der Waals surface area contributed by atoms with E-state index in [1.165, 1.54) is 0 Å². The SMILES string of the molecule is Nn1c2ccc(O)cc2c2cc(N(c3ccccc3)c3ccccc3)ccc21. The molecule has 0 aliphatic carbocycles. The molecular formula is C24H19N3O. The Bertz CT molecular complexity index is 1240. The summed E-state index contributed by atoms with van der Waals surface area (Å²) in [6.45, 7) is 0. The van der Waals surface area contributed by atoms with E-state index in [0.717, 1.165) is 38.9 Å². The molecule has 5 rings (SSSR count). The van der Waals surface area contributed by atoms with Crippen LogP contribution in [0.25, 0.3) is 21.8 Å². The molecule has 28 heavy (non-hydrogen) atoms. The Morgan fingerprint density at radius 3 is 1.75 bits per heavy atom. The highest BCUT2D eigenvalue weighted by Crippen LogP contribution is 2.38. The normalized spacial score (nSPS) is 11.1. The summed E-state index contributed by atoms with van der Waals surface area (Å²) in [6, 6.07) is 32.0. The van der Waals surface area contributed by atoms with Gasteiger partial charge in [0.05, 0.1) is 11.0 Å². The molecule has 0 bridgehead atoms. The van der Waals surface area contributed by atoms with Gasteiger partial charge in [-0.25, -0.2) is 0 Å². The smallest absolute Gasteiger partial charge is 0.116 e. The summed E-state index contributed by atoms with van der Waals surface area (Å²) < 4.78 is 1.67. The van der Waals surface area contributed by atoms with Gasteiger partial charge in [0.2, 0.25) is 0 Å². The van der Waals surface area contributed by atoms with Crippen molar-refractivity contribution >= 4 is 38.9 Å². The van der Waals surface area contributed by atoms with E-state index in [9.17, 15) is 5.11 Å². The number of nitrogens with two attached hydrogens (primary N) is 1. The van der Waals surface area contributed by atoms with Crippen molar-refractivity contribution in [3.8, 4) is 5.75 Å². The lowest BCUT2D eigenvalue weighted by Gasteiger charge is -2.25. The van der Waals surface area contributed by atoms with Gasteiger partial charge < -0.3 is 15.8 Å². The van der Waals surface area contributed by atoms with Crippen molar-refractivity contribution < 1.29 is 5.11 Å². The number of phenolic OH excluding ortho intramolecular Hbond substituents is 1. The molecule has 0 aliphatic heterocycles. The minimum absolute atomic E-state index is 0.230. The zero-order chi connectivity index (χ0) is 19.1. The average Bonchev–Trinajstić information content (AvgIpc) is 3.01. The van der Waals surface area contributed by atoms with E-state index in [0.29, 0.717) is 0 Å². The second-order valence-corrected chi connectivity index (χ2v) is 6.78. The Morgan fingerprint density at radius 1 is 0.607 bits per heavy atom. The first-order chi connectivity index (χ1) is 13.7. The molecular weight excluding hydrogens is 346 g/mol. The molecule has 0 saturated carbocycles. The number of anilines is 3. The number of nitrogens with zero attached hydrogens (tertiary/aromatic N) is 2. The summed E-state index contributed by atoms with van der Waals surface area (Å²) in [5, 5.41) is 11.9. The largest absolute Gasteiger partial charge is 0.508 e. The van der Waals surface area contributed by atoms with E-state index < -0.39 is 0 Å². The summed E-state index contributed by atoms with van der Waals surface area (Å²) in [4.78, 5) is 2.21. The zero-order valence-electron chi connectivity index (χ0n) is 15.2. The lowest BCUT2D eigenvalue weighted by molar-refractivity contribution is 0.476. The van der Waals surface area contributed by atoms with Crippen LogP contribution in [0.4, 0.5) is 17.1 Å². The molecule has 0 fully saturated rings. The van der Waals surface area contributed by atoms with Gasteiger partial charge in [0, 0.05) is 27.8 Å². The minimum atomic E-state index is 0.230. The number of hydrogen-bond acceptors (Lipinski definition) is 3. The number of rotatable bonds is 3. The molecule has 1 aromatic heterocycles. The first kappa shape index (κ1) is 16.3. The lowest BCUT2D eigenvalue weighted by Crippen LogP contribution is -2.10. The summed E-state index contributed by atoms with van der Waals surface area (Å²) in [5.41, 5.74) is 4.99. The van der Waals surface area contributed by atoms with E-state index in [4.69, 9.17) is 5.84 Å². The first-order valence-corrected chi connectivity index (χ1v) is 9.15. The van der Waals surface area contributed by atoms with Gasteiger partial charge in [0.15, 0.2) is 0 Å². The molecule has 0 atom stereocenters. The highest BCUT2D eigenvalue weighted by atomic mass is 16.3. The van der Waals surface area contributed by atoms with Crippen molar-refractivity contribution in [3.05, 3.63) is 97.1 Å². The number of nitrogen functional groups attached to an aromatic ring is 1. The maximum Gasteiger partial charge on any atom is 0.116 e. The second kappa shape index (κ2) is 6.35. The Morgan fingerprint density at radius 2 is 1.14 bits per heavy atom. The molecule has 1 heterocycles. The number of aromatic nitrogens is 1.